The van der Waals surface area contributed by atoms with Gasteiger partial charge < -0.3 is 9.64 Å². The number of amides is 1. The van der Waals surface area contributed by atoms with Gasteiger partial charge in [-0.25, -0.2) is 4.39 Å². The van der Waals surface area contributed by atoms with Gasteiger partial charge in [0.15, 0.2) is 5.67 Å². The van der Waals surface area contributed by atoms with Gasteiger partial charge in [0.25, 0.3) is 5.91 Å². The van der Waals surface area contributed by atoms with Gasteiger partial charge in [-0.3, -0.25) is 4.79 Å². The van der Waals surface area contributed by atoms with Gasteiger partial charge in [0, 0.05) is 18.5 Å². The SMILES string of the molecule is C=CCO[C@@H]1CC2(CCN(C(=O)C3(F)CCC3)CC2)c2cc(C)ccc21. The van der Waals surface area contributed by atoms with Crippen LogP contribution in [0.1, 0.15) is 61.3 Å². The zero-order valence-corrected chi connectivity index (χ0v) is 15.6. The Bertz CT molecular complexity index is 717. The molecule has 1 aliphatic heterocycles. The van der Waals surface area contributed by atoms with E-state index in [0.29, 0.717) is 32.5 Å². The molecule has 3 nitrogen and oxygen atoms in total. The Kier molecular flexibility index (Phi) is 4.42. The second-order valence-corrected chi connectivity index (χ2v) is 8.30. The van der Waals surface area contributed by atoms with Crippen LogP contribution in [0.5, 0.6) is 0 Å². The first-order chi connectivity index (χ1) is 12.5. The molecule has 0 aromatic heterocycles. The molecule has 1 saturated heterocycles. The van der Waals surface area contributed by atoms with E-state index in [4.69, 9.17) is 4.74 Å². The fourth-order valence-corrected chi connectivity index (χ4v) is 4.91. The number of piperidine rings is 1. The van der Waals surface area contributed by atoms with Crippen molar-refractivity contribution in [2.24, 2.45) is 0 Å². The third kappa shape index (κ3) is 2.79. The van der Waals surface area contributed by atoms with Crippen LogP contribution < -0.4 is 0 Å². The number of alkyl halides is 1. The van der Waals surface area contributed by atoms with E-state index in [0.717, 1.165) is 25.7 Å². The predicted octanol–water partition coefficient (Wildman–Crippen LogP) is 4.39. The van der Waals surface area contributed by atoms with Crippen LogP contribution in [0.3, 0.4) is 0 Å². The third-order valence-electron chi connectivity index (χ3n) is 6.66. The first-order valence-corrected chi connectivity index (χ1v) is 9.79. The molecule has 1 saturated carbocycles. The van der Waals surface area contributed by atoms with Gasteiger partial charge in [-0.1, -0.05) is 29.8 Å². The van der Waals surface area contributed by atoms with Crippen LogP contribution in [0, 0.1) is 6.92 Å². The van der Waals surface area contributed by atoms with Crippen molar-refractivity contribution in [3.8, 4) is 0 Å². The number of halogens is 1. The maximum Gasteiger partial charge on any atom is 0.260 e. The molecule has 0 bridgehead atoms. The molecule has 1 heterocycles. The number of benzene rings is 1. The first kappa shape index (κ1) is 17.7. The van der Waals surface area contributed by atoms with Crippen LogP contribution in [-0.2, 0) is 14.9 Å². The Balaban J connectivity index is 1.53. The monoisotopic (exact) mass is 357 g/mol. The molecule has 4 heteroatoms. The highest BCUT2D eigenvalue weighted by atomic mass is 19.1. The molecule has 140 valence electrons. The molecule has 1 aromatic rings. The summed E-state index contributed by atoms with van der Waals surface area (Å²) in [7, 11) is 0. The number of hydrogen-bond donors (Lipinski definition) is 0. The molecule has 2 aliphatic carbocycles. The maximum atomic E-state index is 14.5. The van der Waals surface area contributed by atoms with Crippen LogP contribution in [0.4, 0.5) is 4.39 Å². The van der Waals surface area contributed by atoms with Crippen molar-refractivity contribution in [3.63, 3.8) is 0 Å². The van der Waals surface area contributed by atoms with Gasteiger partial charge in [0.2, 0.25) is 0 Å². The molecule has 2 fully saturated rings. The van der Waals surface area contributed by atoms with Gasteiger partial charge >= 0.3 is 0 Å². The summed E-state index contributed by atoms with van der Waals surface area (Å²) in [5.41, 5.74) is 2.37. The lowest BCUT2D eigenvalue weighted by molar-refractivity contribution is -0.151. The normalized spacial score (nSPS) is 25.6. The Morgan fingerprint density at radius 2 is 2.08 bits per heavy atom. The van der Waals surface area contributed by atoms with Crippen molar-refractivity contribution in [2.75, 3.05) is 19.7 Å². The molecule has 3 aliphatic rings. The van der Waals surface area contributed by atoms with Crippen LogP contribution in [0.15, 0.2) is 30.9 Å². The quantitative estimate of drug-likeness (QED) is 0.748. The summed E-state index contributed by atoms with van der Waals surface area (Å²) in [5.74, 6) is -0.277. The average molecular weight is 357 g/mol. The number of nitrogens with zero attached hydrogens (tertiary/aromatic N) is 1. The van der Waals surface area contributed by atoms with Crippen molar-refractivity contribution in [1.29, 1.82) is 0 Å². The molecular formula is C22H28FNO2. The fourth-order valence-electron chi connectivity index (χ4n) is 4.91. The molecule has 1 amide bonds. The minimum atomic E-state index is -1.58. The summed E-state index contributed by atoms with van der Waals surface area (Å²) in [6.45, 7) is 7.71. The molecule has 1 atom stereocenters. The number of likely N-dealkylation sites (tertiary alicyclic amines) is 1. The molecule has 4 rings (SSSR count). The fraction of sp³-hybridized carbons (Fsp3) is 0.591. The van der Waals surface area contributed by atoms with Gasteiger partial charge in [0.05, 0.1) is 12.7 Å². The number of fused-ring (bicyclic) bond motifs is 2. The van der Waals surface area contributed by atoms with E-state index in [1.54, 1.807) is 11.0 Å². The van der Waals surface area contributed by atoms with E-state index in [1.807, 2.05) is 0 Å². The molecule has 0 radical (unpaired) electrons. The lowest BCUT2D eigenvalue weighted by Gasteiger charge is -2.44. The van der Waals surface area contributed by atoms with Crippen molar-refractivity contribution in [3.05, 3.63) is 47.5 Å². The summed E-state index contributed by atoms with van der Waals surface area (Å²) < 4.78 is 20.6. The lowest BCUT2D eigenvalue weighted by Crippen LogP contribution is -2.54. The van der Waals surface area contributed by atoms with Gasteiger partial charge in [-0.05, 0) is 56.6 Å². The zero-order valence-electron chi connectivity index (χ0n) is 15.6. The van der Waals surface area contributed by atoms with Crippen molar-refractivity contribution >= 4 is 5.91 Å². The minimum Gasteiger partial charge on any atom is -0.369 e. The second kappa shape index (κ2) is 6.49. The highest BCUT2D eigenvalue weighted by molar-refractivity contribution is 5.86. The van der Waals surface area contributed by atoms with Gasteiger partial charge in [0.1, 0.15) is 0 Å². The Labute approximate surface area is 155 Å². The summed E-state index contributed by atoms with van der Waals surface area (Å²) in [6, 6.07) is 6.62. The van der Waals surface area contributed by atoms with Crippen LogP contribution in [0.25, 0.3) is 0 Å². The van der Waals surface area contributed by atoms with Crippen molar-refractivity contribution in [2.45, 2.75) is 62.6 Å². The summed E-state index contributed by atoms with van der Waals surface area (Å²) in [6.07, 6.45) is 6.22. The molecule has 0 N–H and O–H groups in total. The Morgan fingerprint density at radius 1 is 1.35 bits per heavy atom. The number of hydrogen-bond acceptors (Lipinski definition) is 2. The Hall–Kier alpha value is -1.68. The largest absolute Gasteiger partial charge is 0.369 e. The zero-order chi connectivity index (χ0) is 18.4. The number of rotatable bonds is 4. The van der Waals surface area contributed by atoms with Crippen molar-refractivity contribution in [1.82, 2.24) is 4.90 Å². The smallest absolute Gasteiger partial charge is 0.260 e. The number of carbonyl (C=O) groups excluding carboxylic acids is 1. The maximum absolute atomic E-state index is 14.5. The van der Waals surface area contributed by atoms with E-state index >= 15 is 0 Å². The molecule has 0 unspecified atom stereocenters. The molecule has 26 heavy (non-hydrogen) atoms. The van der Waals surface area contributed by atoms with Crippen LogP contribution in [0.2, 0.25) is 0 Å². The van der Waals surface area contributed by atoms with E-state index in [1.165, 1.54) is 16.7 Å². The van der Waals surface area contributed by atoms with E-state index in [-0.39, 0.29) is 17.4 Å². The highest BCUT2D eigenvalue weighted by Crippen LogP contribution is 2.52. The first-order valence-electron chi connectivity index (χ1n) is 9.79. The summed E-state index contributed by atoms with van der Waals surface area (Å²) in [4.78, 5) is 14.3. The summed E-state index contributed by atoms with van der Waals surface area (Å²) in [5, 5.41) is 0. The topological polar surface area (TPSA) is 29.5 Å². The number of aryl methyl sites for hydroxylation is 1. The molecular weight excluding hydrogens is 329 g/mol. The van der Waals surface area contributed by atoms with E-state index < -0.39 is 5.67 Å². The lowest BCUT2D eigenvalue weighted by atomic mass is 9.72. The minimum absolute atomic E-state index is 0.0487. The van der Waals surface area contributed by atoms with Gasteiger partial charge in [-0.2, -0.15) is 0 Å². The van der Waals surface area contributed by atoms with E-state index in [9.17, 15) is 9.18 Å². The Morgan fingerprint density at radius 3 is 2.69 bits per heavy atom. The third-order valence-corrected chi connectivity index (χ3v) is 6.66. The van der Waals surface area contributed by atoms with Gasteiger partial charge in [-0.15, -0.1) is 6.58 Å². The van der Waals surface area contributed by atoms with Crippen molar-refractivity contribution < 1.29 is 13.9 Å². The number of ether oxygens (including phenoxy) is 1. The molecule has 1 spiro atoms. The van der Waals surface area contributed by atoms with Crippen LogP contribution >= 0.6 is 0 Å². The average Bonchev–Trinajstić information content (AvgIpc) is 2.91. The molecule has 1 aromatic carbocycles. The second-order valence-electron chi connectivity index (χ2n) is 8.30. The highest BCUT2D eigenvalue weighted by Gasteiger charge is 2.51. The standard InChI is InChI=1S/C22H28FNO2/c1-3-13-26-19-15-21(18-14-16(2)5-6-17(18)19)9-11-24(12-10-21)20(25)22(23)7-4-8-22/h3,5-6,14,19H,1,4,7-13,15H2,2H3/t19-/m1/s1. The van der Waals surface area contributed by atoms with Crippen LogP contribution in [-0.4, -0.2) is 36.2 Å². The number of carbonyl (C=O) groups is 1. The van der Waals surface area contributed by atoms with E-state index in [2.05, 4.69) is 31.7 Å². The summed E-state index contributed by atoms with van der Waals surface area (Å²) >= 11 is 0. The predicted molar refractivity (Wildman–Crippen MR) is 99.9 cm³/mol.